The Morgan fingerprint density at radius 2 is 2.25 bits per heavy atom. The molecule has 0 spiro atoms. The Labute approximate surface area is 125 Å². The quantitative estimate of drug-likeness (QED) is 0.895. The lowest BCUT2D eigenvalue weighted by Crippen LogP contribution is -2.49. The first-order valence-electron chi connectivity index (χ1n) is 6.26. The summed E-state index contributed by atoms with van der Waals surface area (Å²) in [4.78, 5) is 29.2. The first kappa shape index (κ1) is 15.1. The molecule has 0 bridgehead atoms. The van der Waals surface area contributed by atoms with E-state index in [9.17, 15) is 14.7 Å². The average Bonchev–Trinajstić information content (AvgIpc) is 2.95. The van der Waals surface area contributed by atoms with Crippen molar-refractivity contribution in [3.05, 3.63) is 11.1 Å². The third kappa shape index (κ3) is 3.06. The van der Waals surface area contributed by atoms with Gasteiger partial charge in [0.15, 0.2) is 5.13 Å². The van der Waals surface area contributed by atoms with Crippen LogP contribution < -0.4 is 5.32 Å². The number of nitrogens with one attached hydrogen (secondary N) is 1. The number of aliphatic carboxylic acids is 1. The van der Waals surface area contributed by atoms with E-state index in [2.05, 4.69) is 10.3 Å². The molecule has 0 aromatic carbocycles. The largest absolute Gasteiger partial charge is 0.480 e. The van der Waals surface area contributed by atoms with Crippen LogP contribution in [0.2, 0.25) is 0 Å². The third-order valence-electron chi connectivity index (χ3n) is 2.96. The van der Waals surface area contributed by atoms with E-state index in [1.165, 1.54) is 28.0 Å². The molecule has 20 heavy (non-hydrogen) atoms. The molecule has 6 nitrogen and oxygen atoms in total. The van der Waals surface area contributed by atoms with Crippen molar-refractivity contribution in [2.24, 2.45) is 5.92 Å². The monoisotopic (exact) mass is 315 g/mol. The summed E-state index contributed by atoms with van der Waals surface area (Å²) in [5, 5.41) is 14.2. The first-order chi connectivity index (χ1) is 9.40. The van der Waals surface area contributed by atoms with Crippen molar-refractivity contribution >= 4 is 40.2 Å². The SMILES string of the molecule is Cc1csc(NC(=O)N2C(C(=O)O)CSC2C(C)C)n1. The number of carboxylic acids is 1. The van der Waals surface area contributed by atoms with Gasteiger partial charge in [0.2, 0.25) is 0 Å². The third-order valence-corrected chi connectivity index (χ3v) is 5.45. The number of rotatable bonds is 3. The number of anilines is 1. The number of thioether (sulfide) groups is 1. The summed E-state index contributed by atoms with van der Waals surface area (Å²) in [7, 11) is 0. The van der Waals surface area contributed by atoms with Gasteiger partial charge in [0.25, 0.3) is 0 Å². The van der Waals surface area contributed by atoms with Gasteiger partial charge in [-0.1, -0.05) is 13.8 Å². The molecule has 1 saturated heterocycles. The Bertz CT molecular complexity index is 518. The minimum Gasteiger partial charge on any atom is -0.480 e. The van der Waals surface area contributed by atoms with Crippen LogP contribution in [-0.2, 0) is 4.79 Å². The van der Waals surface area contributed by atoms with Crippen molar-refractivity contribution < 1.29 is 14.7 Å². The van der Waals surface area contributed by atoms with Gasteiger partial charge in [0.05, 0.1) is 11.1 Å². The number of aromatic nitrogens is 1. The Balaban J connectivity index is 2.16. The zero-order valence-electron chi connectivity index (χ0n) is 11.5. The van der Waals surface area contributed by atoms with Crippen LogP contribution in [0.25, 0.3) is 0 Å². The second-order valence-electron chi connectivity index (χ2n) is 4.95. The number of carboxylic acid groups (broad SMARTS) is 1. The number of carbonyl (C=O) groups is 2. The summed E-state index contributed by atoms with van der Waals surface area (Å²) in [6.45, 7) is 5.81. The van der Waals surface area contributed by atoms with E-state index in [-0.39, 0.29) is 11.3 Å². The lowest BCUT2D eigenvalue weighted by molar-refractivity contribution is -0.141. The second-order valence-corrected chi connectivity index (χ2v) is 6.96. The molecule has 0 saturated carbocycles. The van der Waals surface area contributed by atoms with Gasteiger partial charge in [0, 0.05) is 11.1 Å². The Morgan fingerprint density at radius 1 is 1.55 bits per heavy atom. The van der Waals surface area contributed by atoms with Crippen LogP contribution in [0, 0.1) is 12.8 Å². The average molecular weight is 315 g/mol. The molecule has 1 aromatic rings. The number of nitrogens with zero attached hydrogens (tertiary/aromatic N) is 2. The minimum atomic E-state index is -0.967. The van der Waals surface area contributed by atoms with E-state index >= 15 is 0 Å². The number of hydrogen-bond acceptors (Lipinski definition) is 5. The van der Waals surface area contributed by atoms with E-state index in [1.807, 2.05) is 26.2 Å². The fraction of sp³-hybridized carbons (Fsp3) is 0.583. The van der Waals surface area contributed by atoms with Crippen LogP contribution >= 0.6 is 23.1 Å². The number of carbonyl (C=O) groups excluding carboxylic acids is 1. The highest BCUT2D eigenvalue weighted by atomic mass is 32.2. The van der Waals surface area contributed by atoms with Crippen molar-refractivity contribution in [3.8, 4) is 0 Å². The van der Waals surface area contributed by atoms with Gasteiger partial charge < -0.3 is 5.11 Å². The van der Waals surface area contributed by atoms with E-state index in [0.717, 1.165) is 5.69 Å². The molecule has 1 fully saturated rings. The Hall–Kier alpha value is -1.28. The highest BCUT2D eigenvalue weighted by Gasteiger charge is 2.43. The molecule has 0 aliphatic carbocycles. The van der Waals surface area contributed by atoms with Gasteiger partial charge in [0.1, 0.15) is 6.04 Å². The predicted molar refractivity (Wildman–Crippen MR) is 80.2 cm³/mol. The summed E-state index contributed by atoms with van der Waals surface area (Å²) in [6, 6.07) is -1.18. The van der Waals surface area contributed by atoms with E-state index in [4.69, 9.17) is 0 Å². The summed E-state index contributed by atoms with van der Waals surface area (Å²) in [6.07, 6.45) is 0. The lowest BCUT2D eigenvalue weighted by atomic mass is 10.2. The first-order valence-corrected chi connectivity index (χ1v) is 8.19. The number of urea groups is 1. The van der Waals surface area contributed by atoms with Crippen molar-refractivity contribution in [3.63, 3.8) is 0 Å². The topological polar surface area (TPSA) is 82.5 Å². The summed E-state index contributed by atoms with van der Waals surface area (Å²) in [5.41, 5.74) is 0.830. The van der Waals surface area contributed by atoms with Crippen LogP contribution in [0.3, 0.4) is 0 Å². The van der Waals surface area contributed by atoms with Crippen molar-refractivity contribution in [1.29, 1.82) is 0 Å². The maximum atomic E-state index is 12.4. The predicted octanol–water partition coefficient (Wildman–Crippen LogP) is 2.47. The molecule has 0 radical (unpaired) electrons. The normalized spacial score (nSPS) is 22.3. The number of aryl methyl sites for hydroxylation is 1. The van der Waals surface area contributed by atoms with Gasteiger partial charge in [-0.05, 0) is 12.8 Å². The lowest BCUT2D eigenvalue weighted by Gasteiger charge is -2.29. The molecule has 2 atom stereocenters. The number of thiazole rings is 1. The van der Waals surface area contributed by atoms with Gasteiger partial charge >= 0.3 is 12.0 Å². The van der Waals surface area contributed by atoms with E-state index in [0.29, 0.717) is 10.9 Å². The molecule has 1 aliphatic heterocycles. The molecule has 1 aromatic heterocycles. The summed E-state index contributed by atoms with van der Waals surface area (Å²) in [5.74, 6) is -0.359. The highest BCUT2D eigenvalue weighted by molar-refractivity contribution is 8.00. The molecule has 2 amide bonds. The molecule has 1 aliphatic rings. The second kappa shape index (κ2) is 6.01. The smallest absolute Gasteiger partial charge is 0.327 e. The minimum absolute atomic E-state index is 0.128. The maximum absolute atomic E-state index is 12.4. The molecule has 8 heteroatoms. The fourth-order valence-corrected chi connectivity index (χ4v) is 4.20. The van der Waals surface area contributed by atoms with Gasteiger partial charge in [-0.2, -0.15) is 0 Å². The molecule has 110 valence electrons. The zero-order chi connectivity index (χ0) is 14.9. The van der Waals surface area contributed by atoms with Crippen LogP contribution in [0.1, 0.15) is 19.5 Å². The molecule has 2 rings (SSSR count). The van der Waals surface area contributed by atoms with Gasteiger partial charge in [-0.3, -0.25) is 10.2 Å². The summed E-state index contributed by atoms with van der Waals surface area (Å²) >= 11 is 2.84. The zero-order valence-corrected chi connectivity index (χ0v) is 13.1. The summed E-state index contributed by atoms with van der Waals surface area (Å²) < 4.78 is 0. The van der Waals surface area contributed by atoms with Crippen molar-refractivity contribution in [2.75, 3.05) is 11.1 Å². The van der Waals surface area contributed by atoms with E-state index in [1.54, 1.807) is 0 Å². The molecule has 2 unspecified atom stereocenters. The standard InChI is InChI=1S/C12H17N3O3S2/c1-6(2)9-15(8(5-19-9)10(16)17)12(18)14-11-13-7(3)4-20-11/h4,6,8-9H,5H2,1-3H3,(H,16,17)(H,13,14,18). The van der Waals surface area contributed by atoms with Crippen LogP contribution in [0.5, 0.6) is 0 Å². The molecule has 2 N–H and O–H groups in total. The Kier molecular flexibility index (Phi) is 4.54. The van der Waals surface area contributed by atoms with Gasteiger partial charge in [-0.25, -0.2) is 14.6 Å². The van der Waals surface area contributed by atoms with Crippen LogP contribution in [0.15, 0.2) is 5.38 Å². The number of amides is 2. The van der Waals surface area contributed by atoms with Crippen LogP contribution in [0.4, 0.5) is 9.93 Å². The van der Waals surface area contributed by atoms with Gasteiger partial charge in [-0.15, -0.1) is 23.1 Å². The molecule has 2 heterocycles. The fourth-order valence-electron chi connectivity index (χ4n) is 2.06. The Morgan fingerprint density at radius 3 is 2.75 bits per heavy atom. The van der Waals surface area contributed by atoms with Crippen LogP contribution in [-0.4, -0.2) is 44.2 Å². The highest BCUT2D eigenvalue weighted by Crippen LogP contribution is 2.34. The van der Waals surface area contributed by atoms with Crippen molar-refractivity contribution in [2.45, 2.75) is 32.2 Å². The van der Waals surface area contributed by atoms with E-state index < -0.39 is 18.0 Å². The maximum Gasteiger partial charge on any atom is 0.327 e. The molecular formula is C12H17N3O3S2. The number of hydrogen-bond donors (Lipinski definition) is 2. The van der Waals surface area contributed by atoms with Crippen molar-refractivity contribution in [1.82, 2.24) is 9.88 Å². The molecular weight excluding hydrogens is 298 g/mol.